The second kappa shape index (κ2) is 8.07. The molecule has 0 amide bonds. The van der Waals surface area contributed by atoms with Crippen LogP contribution in [0.5, 0.6) is 6.01 Å². The first-order valence-electron chi connectivity index (χ1n) is 10.3. The number of carbonyl (C=O) groups excluding carboxylic acids is 1. The zero-order valence-electron chi connectivity index (χ0n) is 16.8. The van der Waals surface area contributed by atoms with E-state index in [1.807, 2.05) is 0 Å². The minimum absolute atomic E-state index is 0.0179. The van der Waals surface area contributed by atoms with E-state index < -0.39 is 17.5 Å². The molecule has 3 fully saturated rings. The Hall–Kier alpha value is -2.17. The number of hydrogen-bond donors (Lipinski definition) is 0. The van der Waals surface area contributed by atoms with Crippen molar-refractivity contribution in [2.45, 2.75) is 31.0 Å². The summed E-state index contributed by atoms with van der Waals surface area (Å²) in [7, 11) is 0. The summed E-state index contributed by atoms with van der Waals surface area (Å²) in [6.07, 6.45) is 2.71. The van der Waals surface area contributed by atoms with Crippen LogP contribution >= 0.6 is 11.6 Å². The predicted molar refractivity (Wildman–Crippen MR) is 109 cm³/mol. The molecule has 31 heavy (non-hydrogen) atoms. The second-order valence-electron chi connectivity index (χ2n) is 8.33. The molecule has 166 valence electrons. The van der Waals surface area contributed by atoms with E-state index in [1.54, 1.807) is 4.90 Å². The van der Waals surface area contributed by atoms with Gasteiger partial charge in [-0.1, -0.05) is 11.6 Å². The minimum Gasteiger partial charge on any atom is -0.461 e. The van der Waals surface area contributed by atoms with Crippen LogP contribution < -0.4 is 9.64 Å². The number of fused-ring (bicyclic) bond motifs is 2. The Balaban J connectivity index is 1.51. The van der Waals surface area contributed by atoms with Crippen molar-refractivity contribution >= 4 is 34.1 Å². The zero-order chi connectivity index (χ0) is 21.6. The lowest BCUT2D eigenvalue weighted by Gasteiger charge is -2.31. The second-order valence-corrected chi connectivity index (χ2v) is 8.69. The first-order valence-corrected chi connectivity index (χ1v) is 10.7. The monoisotopic (exact) mass is 453 g/mol. The van der Waals surface area contributed by atoms with Gasteiger partial charge in [-0.15, -0.1) is 0 Å². The van der Waals surface area contributed by atoms with Gasteiger partial charge in [-0.3, -0.25) is 9.69 Å². The van der Waals surface area contributed by atoms with Gasteiger partial charge in [-0.05, 0) is 19.4 Å². The lowest BCUT2D eigenvalue weighted by molar-refractivity contribution is -0.121. The summed E-state index contributed by atoms with van der Waals surface area (Å²) in [5.74, 6) is -0.567. The van der Waals surface area contributed by atoms with Gasteiger partial charge in [0, 0.05) is 25.7 Å². The summed E-state index contributed by atoms with van der Waals surface area (Å²) < 4.78 is 40.1. The summed E-state index contributed by atoms with van der Waals surface area (Å²) in [5, 5.41) is 0.0179. The number of alkyl halides is 1. The van der Waals surface area contributed by atoms with Crippen molar-refractivity contribution in [1.82, 2.24) is 19.9 Å². The molecule has 0 N–H and O–H groups in total. The number of anilines is 1. The number of ether oxygens (including phenoxy) is 2. The van der Waals surface area contributed by atoms with Crippen LogP contribution in [0.3, 0.4) is 0 Å². The van der Waals surface area contributed by atoms with Gasteiger partial charge in [-0.2, -0.15) is 9.97 Å². The Morgan fingerprint density at radius 1 is 1.35 bits per heavy atom. The molecular weight excluding hydrogens is 432 g/mol. The van der Waals surface area contributed by atoms with Gasteiger partial charge in [0.25, 0.3) is 0 Å². The summed E-state index contributed by atoms with van der Waals surface area (Å²) in [5.41, 5.74) is -0.424. The van der Waals surface area contributed by atoms with E-state index in [2.05, 4.69) is 19.9 Å². The molecule has 3 saturated heterocycles. The molecule has 0 unspecified atom stereocenters. The molecule has 0 bridgehead atoms. The van der Waals surface area contributed by atoms with E-state index in [1.165, 1.54) is 6.20 Å². The maximum absolute atomic E-state index is 14.8. The topological polar surface area (TPSA) is 80.7 Å². The fourth-order valence-electron chi connectivity index (χ4n) is 4.83. The van der Waals surface area contributed by atoms with Crippen LogP contribution in [0.15, 0.2) is 6.20 Å². The highest BCUT2D eigenvalue weighted by Gasteiger charge is 2.49. The van der Waals surface area contributed by atoms with E-state index in [9.17, 15) is 13.6 Å². The predicted octanol–water partition coefficient (Wildman–Crippen LogP) is 2.18. The number of halogens is 3. The highest BCUT2D eigenvalue weighted by atomic mass is 35.5. The molecule has 2 atom stereocenters. The van der Waals surface area contributed by atoms with Gasteiger partial charge < -0.3 is 14.4 Å². The van der Waals surface area contributed by atoms with Gasteiger partial charge in [0.15, 0.2) is 16.8 Å². The lowest BCUT2D eigenvalue weighted by atomic mass is 9.95. The fourth-order valence-corrected chi connectivity index (χ4v) is 4.97. The Kier molecular flexibility index (Phi) is 5.39. The summed E-state index contributed by atoms with van der Waals surface area (Å²) >= 11 is 5.87. The molecule has 8 nitrogen and oxygen atoms in total. The average Bonchev–Trinajstić information content (AvgIpc) is 3.17. The van der Waals surface area contributed by atoms with Crippen LogP contribution in [0, 0.1) is 5.82 Å². The third-order valence-electron chi connectivity index (χ3n) is 6.27. The molecule has 3 aliphatic rings. The number of carbonyl (C=O) groups is 1. The van der Waals surface area contributed by atoms with Gasteiger partial charge in [0.1, 0.15) is 30.7 Å². The van der Waals surface area contributed by atoms with Crippen molar-refractivity contribution < 1.29 is 23.0 Å². The highest BCUT2D eigenvalue weighted by molar-refractivity contribution is 6.30. The molecule has 3 aliphatic heterocycles. The number of aromatic nitrogens is 3. The highest BCUT2D eigenvalue weighted by Crippen LogP contribution is 2.40. The molecule has 0 saturated carbocycles. The molecule has 5 rings (SSSR count). The molecule has 0 spiro atoms. The number of Topliss-reactive ketones (excluding diaryl/α,β-unsaturated/α-hetero) is 1. The van der Waals surface area contributed by atoms with Crippen molar-refractivity contribution in [3.8, 4) is 6.01 Å². The number of nitrogens with zero attached hydrogens (tertiary/aromatic N) is 5. The Morgan fingerprint density at radius 3 is 3.10 bits per heavy atom. The molecule has 0 radical (unpaired) electrons. The van der Waals surface area contributed by atoms with E-state index in [0.29, 0.717) is 37.3 Å². The van der Waals surface area contributed by atoms with E-state index in [0.717, 1.165) is 19.4 Å². The number of rotatable bonds is 4. The normalized spacial score (nSPS) is 27.0. The maximum Gasteiger partial charge on any atom is 0.319 e. The smallest absolute Gasteiger partial charge is 0.319 e. The van der Waals surface area contributed by atoms with Crippen LogP contribution in [-0.2, 0) is 9.53 Å². The molecule has 0 aliphatic carbocycles. The fraction of sp³-hybridized carbons (Fsp3) is 0.600. The van der Waals surface area contributed by atoms with Crippen LogP contribution in [-0.4, -0.2) is 83.3 Å². The van der Waals surface area contributed by atoms with E-state index >= 15 is 0 Å². The van der Waals surface area contributed by atoms with Crippen molar-refractivity contribution in [2.24, 2.45) is 0 Å². The van der Waals surface area contributed by atoms with Gasteiger partial charge in [0.05, 0.1) is 24.1 Å². The van der Waals surface area contributed by atoms with Crippen molar-refractivity contribution in [3.05, 3.63) is 17.2 Å². The first-order chi connectivity index (χ1) is 14.9. The third-order valence-corrected chi connectivity index (χ3v) is 6.53. The molecule has 5 heterocycles. The van der Waals surface area contributed by atoms with E-state index in [-0.39, 0.29) is 42.2 Å². The minimum atomic E-state index is -0.887. The molecular formula is C20H22ClF2N5O3. The van der Waals surface area contributed by atoms with Gasteiger partial charge in [0.2, 0.25) is 0 Å². The van der Waals surface area contributed by atoms with Crippen molar-refractivity contribution in [1.29, 1.82) is 0 Å². The van der Waals surface area contributed by atoms with E-state index in [4.69, 9.17) is 21.1 Å². The standard InChI is InChI=1S/C20H22ClF2N5O3/c21-17-15(23)16-14(7-24-17)18(27-4-5-30-10-13(29)9-27)26-19(25-16)31-11-20-2-1-3-28(20)8-12(22)6-20/h7,12H,1-6,8-11H2/t12-,20+/m1/s1. The average molecular weight is 454 g/mol. The lowest BCUT2D eigenvalue weighted by Crippen LogP contribution is -2.43. The molecule has 11 heteroatoms. The quantitative estimate of drug-likeness (QED) is 0.652. The van der Waals surface area contributed by atoms with Gasteiger partial charge in [-0.25, -0.2) is 13.8 Å². The SMILES string of the molecule is O=C1COCCN(c2nc(OC[C@@]34CCCN3C[C@H](F)C4)nc3c(F)c(Cl)ncc23)C1. The molecule has 2 aromatic heterocycles. The van der Waals surface area contributed by atoms with Crippen molar-refractivity contribution in [2.75, 3.05) is 50.9 Å². The first kappa shape index (κ1) is 20.7. The summed E-state index contributed by atoms with van der Waals surface area (Å²) in [6.45, 7) is 2.25. The van der Waals surface area contributed by atoms with Crippen LogP contribution in [0.2, 0.25) is 5.15 Å². The Bertz CT molecular complexity index is 1030. The number of hydrogen-bond acceptors (Lipinski definition) is 8. The number of ketones is 1. The zero-order valence-corrected chi connectivity index (χ0v) is 17.6. The Labute approximate surface area is 182 Å². The van der Waals surface area contributed by atoms with Crippen LogP contribution in [0.1, 0.15) is 19.3 Å². The maximum atomic E-state index is 14.8. The van der Waals surface area contributed by atoms with Crippen LogP contribution in [0.25, 0.3) is 10.9 Å². The summed E-state index contributed by atoms with van der Waals surface area (Å²) in [4.78, 5) is 28.5. The molecule has 0 aromatic carbocycles. The molecule has 2 aromatic rings. The largest absolute Gasteiger partial charge is 0.461 e. The Morgan fingerprint density at radius 2 is 2.23 bits per heavy atom. The van der Waals surface area contributed by atoms with Gasteiger partial charge >= 0.3 is 6.01 Å². The van der Waals surface area contributed by atoms with Crippen molar-refractivity contribution in [3.63, 3.8) is 0 Å². The summed E-state index contributed by atoms with van der Waals surface area (Å²) in [6, 6.07) is -0.0372. The number of pyridine rings is 1. The van der Waals surface area contributed by atoms with Crippen LogP contribution in [0.4, 0.5) is 14.6 Å². The third kappa shape index (κ3) is 3.81.